The second-order valence-electron chi connectivity index (χ2n) is 4.09. The highest BCUT2D eigenvalue weighted by molar-refractivity contribution is 5.66. The molecule has 2 aromatic carbocycles. The summed E-state index contributed by atoms with van der Waals surface area (Å²) in [5.74, 6) is -4.44. The zero-order chi connectivity index (χ0) is 15.8. The van der Waals surface area contributed by atoms with Gasteiger partial charge < -0.3 is 0 Å². The second-order valence-corrected chi connectivity index (χ2v) is 4.09. The van der Waals surface area contributed by atoms with Gasteiger partial charge in [-0.25, -0.2) is 13.2 Å². The van der Waals surface area contributed by atoms with Crippen LogP contribution in [0.15, 0.2) is 30.3 Å². The van der Waals surface area contributed by atoms with Gasteiger partial charge in [0.1, 0.15) is 11.9 Å². The van der Waals surface area contributed by atoms with Gasteiger partial charge in [0.05, 0.1) is 11.1 Å². The maximum atomic E-state index is 13.8. The summed E-state index contributed by atoms with van der Waals surface area (Å²) in [6.45, 7) is 0. The Bertz CT molecular complexity index is 742. The monoisotopic (exact) mass is 301 g/mol. The smallest absolute Gasteiger partial charge is 0.206 e. The Labute approximate surface area is 115 Å². The summed E-state index contributed by atoms with van der Waals surface area (Å²) in [4.78, 5) is 0. The Morgan fingerprint density at radius 2 is 1.57 bits per heavy atom. The first-order chi connectivity index (χ1) is 9.75. The average molecular weight is 301 g/mol. The van der Waals surface area contributed by atoms with Crippen LogP contribution in [0, 0.1) is 28.8 Å². The average Bonchev–Trinajstić information content (AvgIpc) is 2.41. The van der Waals surface area contributed by atoms with E-state index in [0.717, 1.165) is 18.2 Å². The Morgan fingerprint density at radius 1 is 0.905 bits per heavy atom. The maximum Gasteiger partial charge on any atom is 0.419 e. The predicted octanol–water partition coefficient (Wildman–Crippen LogP) is 4.66. The van der Waals surface area contributed by atoms with Crippen LogP contribution in [0.2, 0.25) is 0 Å². The third kappa shape index (κ3) is 2.70. The molecule has 2 aromatic rings. The largest absolute Gasteiger partial charge is 0.419 e. The van der Waals surface area contributed by atoms with Crippen LogP contribution in [0.1, 0.15) is 11.1 Å². The second kappa shape index (κ2) is 5.13. The molecule has 7 heteroatoms. The van der Waals surface area contributed by atoms with Crippen molar-refractivity contribution in [1.82, 2.24) is 0 Å². The number of benzene rings is 2. The topological polar surface area (TPSA) is 23.8 Å². The van der Waals surface area contributed by atoms with Crippen molar-refractivity contribution in [3.8, 4) is 17.2 Å². The van der Waals surface area contributed by atoms with Crippen molar-refractivity contribution in [2.75, 3.05) is 0 Å². The molecule has 0 aliphatic rings. The number of halogens is 6. The number of nitriles is 1. The summed E-state index contributed by atoms with van der Waals surface area (Å²) in [6, 6.07) is 5.11. The zero-order valence-corrected chi connectivity index (χ0v) is 10.1. The lowest BCUT2D eigenvalue weighted by Crippen LogP contribution is -2.08. The third-order valence-corrected chi connectivity index (χ3v) is 2.79. The highest BCUT2D eigenvalue weighted by Crippen LogP contribution is 2.35. The molecule has 0 aliphatic carbocycles. The number of hydrogen-bond donors (Lipinski definition) is 0. The van der Waals surface area contributed by atoms with Crippen molar-refractivity contribution in [2.24, 2.45) is 0 Å². The van der Waals surface area contributed by atoms with Crippen molar-refractivity contribution in [2.45, 2.75) is 6.18 Å². The molecule has 0 atom stereocenters. The van der Waals surface area contributed by atoms with Crippen LogP contribution in [0.25, 0.3) is 11.1 Å². The van der Waals surface area contributed by atoms with E-state index in [1.807, 2.05) is 0 Å². The molecule has 0 spiro atoms. The quantitative estimate of drug-likeness (QED) is 0.703. The number of alkyl halides is 3. The molecule has 1 nitrogen and oxygen atoms in total. The molecule has 21 heavy (non-hydrogen) atoms. The zero-order valence-electron chi connectivity index (χ0n) is 10.1. The summed E-state index contributed by atoms with van der Waals surface area (Å²) >= 11 is 0. The highest BCUT2D eigenvalue weighted by Gasteiger charge is 2.34. The van der Waals surface area contributed by atoms with Crippen molar-refractivity contribution in [3.05, 3.63) is 58.9 Å². The van der Waals surface area contributed by atoms with Gasteiger partial charge in [-0.15, -0.1) is 0 Å². The minimum Gasteiger partial charge on any atom is -0.206 e. The van der Waals surface area contributed by atoms with Gasteiger partial charge in [0.15, 0.2) is 11.6 Å². The lowest BCUT2D eigenvalue weighted by atomic mass is 10.0. The van der Waals surface area contributed by atoms with Gasteiger partial charge >= 0.3 is 6.18 Å². The lowest BCUT2D eigenvalue weighted by Gasteiger charge is -2.11. The van der Waals surface area contributed by atoms with E-state index in [9.17, 15) is 26.3 Å². The van der Waals surface area contributed by atoms with E-state index < -0.39 is 40.3 Å². The predicted molar refractivity (Wildman–Crippen MR) is 61.5 cm³/mol. The minimum atomic E-state index is -4.96. The summed E-state index contributed by atoms with van der Waals surface area (Å²) in [6.07, 6.45) is -4.96. The van der Waals surface area contributed by atoms with Gasteiger partial charge in [0, 0.05) is 5.56 Å². The van der Waals surface area contributed by atoms with Crippen LogP contribution in [-0.2, 0) is 6.18 Å². The molecular formula is C14H5F6N. The molecule has 0 heterocycles. The van der Waals surface area contributed by atoms with Crippen molar-refractivity contribution < 1.29 is 26.3 Å². The molecule has 108 valence electrons. The highest BCUT2D eigenvalue weighted by atomic mass is 19.4. The first kappa shape index (κ1) is 14.9. The number of hydrogen-bond acceptors (Lipinski definition) is 1. The molecule has 0 radical (unpaired) electrons. The van der Waals surface area contributed by atoms with E-state index in [1.54, 1.807) is 0 Å². The summed E-state index contributed by atoms with van der Waals surface area (Å²) in [5.41, 5.74) is -2.99. The minimum absolute atomic E-state index is 0.343. The molecule has 0 saturated heterocycles. The van der Waals surface area contributed by atoms with E-state index >= 15 is 0 Å². The summed E-state index contributed by atoms with van der Waals surface area (Å²) in [5, 5.41) is 8.54. The maximum absolute atomic E-state index is 13.8. The number of nitrogens with zero attached hydrogens (tertiary/aromatic N) is 1. The van der Waals surface area contributed by atoms with Crippen LogP contribution in [0.3, 0.4) is 0 Å². The van der Waals surface area contributed by atoms with E-state index in [-0.39, 0.29) is 5.56 Å². The van der Waals surface area contributed by atoms with E-state index in [1.165, 1.54) is 6.07 Å². The van der Waals surface area contributed by atoms with Gasteiger partial charge in [-0.3, -0.25) is 0 Å². The molecule has 0 N–H and O–H groups in total. The normalized spacial score (nSPS) is 11.3. The van der Waals surface area contributed by atoms with Gasteiger partial charge in [-0.2, -0.15) is 18.4 Å². The summed E-state index contributed by atoms with van der Waals surface area (Å²) in [7, 11) is 0. The molecule has 0 unspecified atom stereocenters. The number of rotatable bonds is 1. The van der Waals surface area contributed by atoms with Crippen LogP contribution in [0.4, 0.5) is 26.3 Å². The molecular weight excluding hydrogens is 296 g/mol. The molecule has 0 bridgehead atoms. The fourth-order valence-corrected chi connectivity index (χ4v) is 1.77. The van der Waals surface area contributed by atoms with Crippen LogP contribution >= 0.6 is 0 Å². The van der Waals surface area contributed by atoms with Crippen molar-refractivity contribution >= 4 is 0 Å². The Morgan fingerprint density at radius 3 is 2.14 bits per heavy atom. The Hall–Kier alpha value is -2.49. The molecule has 0 aliphatic heterocycles. The SMILES string of the molecule is N#Cc1ccc(-c2ccc(F)c(C(F)(F)F)c2)c(F)c1F. The molecule has 0 amide bonds. The Kier molecular flexibility index (Phi) is 3.64. The molecule has 2 rings (SSSR count). The third-order valence-electron chi connectivity index (χ3n) is 2.79. The van der Waals surface area contributed by atoms with Gasteiger partial charge in [-0.05, 0) is 29.8 Å². The first-order valence-corrected chi connectivity index (χ1v) is 5.51. The van der Waals surface area contributed by atoms with Gasteiger partial charge in [-0.1, -0.05) is 6.07 Å². The molecule has 0 fully saturated rings. The molecule has 0 saturated carbocycles. The van der Waals surface area contributed by atoms with Gasteiger partial charge in [0.25, 0.3) is 0 Å². The fraction of sp³-hybridized carbons (Fsp3) is 0.0714. The summed E-state index contributed by atoms with van der Waals surface area (Å²) < 4.78 is 78.2. The van der Waals surface area contributed by atoms with Crippen molar-refractivity contribution in [3.63, 3.8) is 0 Å². The Balaban J connectivity index is 2.64. The van der Waals surface area contributed by atoms with Crippen LogP contribution in [-0.4, -0.2) is 0 Å². The van der Waals surface area contributed by atoms with E-state index in [4.69, 9.17) is 5.26 Å². The van der Waals surface area contributed by atoms with E-state index in [2.05, 4.69) is 0 Å². The first-order valence-electron chi connectivity index (χ1n) is 5.51. The van der Waals surface area contributed by atoms with Crippen LogP contribution < -0.4 is 0 Å². The van der Waals surface area contributed by atoms with Gasteiger partial charge in [0.2, 0.25) is 0 Å². The fourth-order valence-electron chi connectivity index (χ4n) is 1.77. The lowest BCUT2D eigenvalue weighted by molar-refractivity contribution is -0.139. The standard InChI is InChI=1S/C14H5F6N/c15-11-4-2-7(5-10(11)14(18,19)20)9-3-1-8(6-21)12(16)13(9)17/h1-5H. The molecule has 0 aromatic heterocycles. The van der Waals surface area contributed by atoms with Crippen molar-refractivity contribution in [1.29, 1.82) is 5.26 Å². The van der Waals surface area contributed by atoms with E-state index in [0.29, 0.717) is 12.1 Å². The van der Waals surface area contributed by atoms with Crippen LogP contribution in [0.5, 0.6) is 0 Å².